The van der Waals surface area contributed by atoms with E-state index in [0.717, 1.165) is 17.5 Å². The molecule has 1 atom stereocenters. The third-order valence-corrected chi connectivity index (χ3v) is 4.08. The Morgan fingerprint density at radius 2 is 2.10 bits per heavy atom. The molecule has 0 radical (unpaired) electrons. The van der Waals surface area contributed by atoms with Gasteiger partial charge in [-0.1, -0.05) is 24.3 Å². The lowest BCUT2D eigenvalue weighted by molar-refractivity contribution is -0.143. The van der Waals surface area contributed by atoms with E-state index in [1.54, 1.807) is 16.8 Å². The van der Waals surface area contributed by atoms with Crippen molar-refractivity contribution < 1.29 is 14.7 Å². The summed E-state index contributed by atoms with van der Waals surface area (Å²) in [5.74, 6) is -0.867. The van der Waals surface area contributed by atoms with Crippen LogP contribution in [-0.2, 0) is 16.1 Å². The smallest absolute Gasteiger partial charge is 0.320 e. The van der Waals surface area contributed by atoms with Crippen molar-refractivity contribution >= 4 is 11.9 Å². The van der Waals surface area contributed by atoms with Gasteiger partial charge in [0.2, 0.25) is 5.91 Å². The number of amides is 1. The van der Waals surface area contributed by atoms with Crippen LogP contribution >= 0.6 is 0 Å². The van der Waals surface area contributed by atoms with E-state index >= 15 is 0 Å². The van der Waals surface area contributed by atoms with Gasteiger partial charge in [0, 0.05) is 13.6 Å². The highest BCUT2D eigenvalue weighted by atomic mass is 16.4. The zero-order valence-electron chi connectivity index (χ0n) is 12.6. The molecule has 0 unspecified atom stereocenters. The predicted octanol–water partition coefficient (Wildman–Crippen LogP) is 1.50. The molecule has 1 aromatic carbocycles. The number of likely N-dealkylation sites (N-methyl/N-ethyl adjacent to an activating group) is 1. The fourth-order valence-electron chi connectivity index (χ4n) is 2.72. The van der Waals surface area contributed by atoms with E-state index in [0.29, 0.717) is 19.5 Å². The van der Waals surface area contributed by atoms with Crippen LogP contribution in [0.15, 0.2) is 24.3 Å². The summed E-state index contributed by atoms with van der Waals surface area (Å²) in [6.07, 6.45) is 1.47. The number of likely N-dealkylation sites (tertiary alicyclic amines) is 1. The summed E-state index contributed by atoms with van der Waals surface area (Å²) >= 11 is 0. The van der Waals surface area contributed by atoms with Gasteiger partial charge < -0.3 is 10.0 Å². The number of nitrogens with zero attached hydrogens (tertiary/aromatic N) is 2. The zero-order chi connectivity index (χ0) is 15.4. The molecule has 0 spiro atoms. The van der Waals surface area contributed by atoms with Gasteiger partial charge in [-0.2, -0.15) is 0 Å². The Balaban J connectivity index is 1.94. The van der Waals surface area contributed by atoms with Gasteiger partial charge in [0.05, 0.1) is 6.54 Å². The molecular weight excluding hydrogens is 268 g/mol. The summed E-state index contributed by atoms with van der Waals surface area (Å²) in [6.45, 7) is 3.44. The van der Waals surface area contributed by atoms with E-state index in [4.69, 9.17) is 5.11 Å². The Morgan fingerprint density at radius 3 is 2.76 bits per heavy atom. The first-order valence-corrected chi connectivity index (χ1v) is 7.24. The highest BCUT2D eigenvalue weighted by Crippen LogP contribution is 2.17. The van der Waals surface area contributed by atoms with Gasteiger partial charge >= 0.3 is 5.97 Å². The van der Waals surface area contributed by atoms with Gasteiger partial charge in [0.25, 0.3) is 0 Å². The third-order valence-electron chi connectivity index (χ3n) is 4.08. The third kappa shape index (κ3) is 3.82. The second-order valence-electron chi connectivity index (χ2n) is 5.64. The number of carbonyl (C=O) groups excluding carboxylic acids is 1. The molecule has 0 aromatic heterocycles. The molecule has 1 heterocycles. The van der Waals surface area contributed by atoms with Crippen LogP contribution in [0.1, 0.15) is 24.0 Å². The average molecular weight is 290 g/mol. The standard InChI is InChI=1S/C16H22N2O3/c1-12-6-3-4-7-13(12)10-17(2)15(19)11-18-9-5-8-14(18)16(20)21/h3-4,6-7,14H,5,8-11H2,1-2H3,(H,20,21)/t14-/m1/s1. The van der Waals surface area contributed by atoms with Crippen molar-refractivity contribution in [2.75, 3.05) is 20.1 Å². The summed E-state index contributed by atoms with van der Waals surface area (Å²) in [7, 11) is 1.76. The van der Waals surface area contributed by atoms with Crippen LogP contribution in [0.2, 0.25) is 0 Å². The minimum atomic E-state index is -0.832. The summed E-state index contributed by atoms with van der Waals surface area (Å²) in [6, 6.07) is 7.45. The topological polar surface area (TPSA) is 60.9 Å². The van der Waals surface area contributed by atoms with Gasteiger partial charge in [-0.05, 0) is 37.4 Å². The van der Waals surface area contributed by atoms with E-state index in [1.165, 1.54) is 0 Å². The maximum atomic E-state index is 12.3. The van der Waals surface area contributed by atoms with Crippen molar-refractivity contribution in [1.29, 1.82) is 0 Å². The maximum absolute atomic E-state index is 12.3. The van der Waals surface area contributed by atoms with Crippen LogP contribution < -0.4 is 0 Å². The molecule has 1 N–H and O–H groups in total. The quantitative estimate of drug-likeness (QED) is 0.893. The Bertz CT molecular complexity index is 530. The van der Waals surface area contributed by atoms with E-state index in [1.807, 2.05) is 31.2 Å². The van der Waals surface area contributed by atoms with Crippen molar-refractivity contribution in [3.8, 4) is 0 Å². The number of benzene rings is 1. The van der Waals surface area contributed by atoms with Crippen molar-refractivity contribution in [3.05, 3.63) is 35.4 Å². The molecule has 0 saturated carbocycles. The molecule has 5 nitrogen and oxygen atoms in total. The van der Waals surface area contributed by atoms with Crippen LogP contribution in [-0.4, -0.2) is 53.0 Å². The lowest BCUT2D eigenvalue weighted by Crippen LogP contribution is -2.43. The lowest BCUT2D eigenvalue weighted by Gasteiger charge is -2.24. The number of carboxylic acids is 1. The molecule has 0 bridgehead atoms. The second-order valence-corrected chi connectivity index (χ2v) is 5.64. The Kier molecular flexibility index (Phi) is 4.96. The van der Waals surface area contributed by atoms with Gasteiger partial charge in [-0.15, -0.1) is 0 Å². The number of hydrogen-bond donors (Lipinski definition) is 1. The number of carbonyl (C=O) groups is 2. The van der Waals surface area contributed by atoms with Gasteiger partial charge in [0.15, 0.2) is 0 Å². The van der Waals surface area contributed by atoms with Crippen LogP contribution in [0.5, 0.6) is 0 Å². The molecule has 1 aliphatic rings. The lowest BCUT2D eigenvalue weighted by atomic mass is 10.1. The number of carboxylic acid groups (broad SMARTS) is 1. The average Bonchev–Trinajstić information content (AvgIpc) is 2.89. The highest BCUT2D eigenvalue weighted by molar-refractivity contribution is 5.80. The van der Waals surface area contributed by atoms with Crippen molar-refractivity contribution in [3.63, 3.8) is 0 Å². The first kappa shape index (κ1) is 15.5. The first-order valence-electron chi connectivity index (χ1n) is 7.24. The Hall–Kier alpha value is -1.88. The van der Waals surface area contributed by atoms with E-state index in [2.05, 4.69) is 0 Å². The normalized spacial score (nSPS) is 18.7. The number of hydrogen-bond acceptors (Lipinski definition) is 3. The predicted molar refractivity (Wildman–Crippen MR) is 79.9 cm³/mol. The molecular formula is C16H22N2O3. The number of aliphatic carboxylic acids is 1. The molecule has 1 saturated heterocycles. The van der Waals surface area contributed by atoms with Crippen molar-refractivity contribution in [1.82, 2.24) is 9.80 Å². The Labute approximate surface area is 125 Å². The minimum Gasteiger partial charge on any atom is -0.480 e. The zero-order valence-corrected chi connectivity index (χ0v) is 12.6. The second kappa shape index (κ2) is 6.72. The van der Waals surface area contributed by atoms with Crippen LogP contribution in [0.25, 0.3) is 0 Å². The molecule has 1 fully saturated rings. The summed E-state index contributed by atoms with van der Waals surface area (Å²) in [4.78, 5) is 26.8. The molecule has 1 amide bonds. The molecule has 21 heavy (non-hydrogen) atoms. The molecule has 114 valence electrons. The van der Waals surface area contributed by atoms with Gasteiger partial charge in [-0.25, -0.2) is 0 Å². The maximum Gasteiger partial charge on any atom is 0.320 e. The van der Waals surface area contributed by atoms with E-state index in [-0.39, 0.29) is 12.5 Å². The monoisotopic (exact) mass is 290 g/mol. The fraction of sp³-hybridized carbons (Fsp3) is 0.500. The van der Waals surface area contributed by atoms with Gasteiger partial charge in [-0.3, -0.25) is 14.5 Å². The van der Waals surface area contributed by atoms with Crippen molar-refractivity contribution in [2.45, 2.75) is 32.4 Å². The SMILES string of the molecule is Cc1ccccc1CN(C)C(=O)CN1CCC[C@@H]1C(=O)O. The van der Waals surface area contributed by atoms with Crippen LogP contribution in [0.3, 0.4) is 0 Å². The number of rotatable bonds is 5. The summed E-state index contributed by atoms with van der Waals surface area (Å²) < 4.78 is 0. The van der Waals surface area contributed by atoms with Crippen LogP contribution in [0, 0.1) is 6.92 Å². The van der Waals surface area contributed by atoms with E-state index < -0.39 is 12.0 Å². The molecule has 2 rings (SSSR count). The summed E-state index contributed by atoms with van der Waals surface area (Å²) in [5, 5.41) is 9.14. The highest BCUT2D eigenvalue weighted by Gasteiger charge is 2.32. The number of aryl methyl sites for hydroxylation is 1. The molecule has 1 aromatic rings. The first-order chi connectivity index (χ1) is 9.99. The molecule has 5 heteroatoms. The fourth-order valence-corrected chi connectivity index (χ4v) is 2.72. The molecule has 1 aliphatic heterocycles. The van der Waals surface area contributed by atoms with Crippen LogP contribution in [0.4, 0.5) is 0 Å². The molecule has 0 aliphatic carbocycles. The largest absolute Gasteiger partial charge is 0.480 e. The summed E-state index contributed by atoms with van der Waals surface area (Å²) in [5.41, 5.74) is 2.27. The van der Waals surface area contributed by atoms with Crippen molar-refractivity contribution in [2.24, 2.45) is 0 Å². The Morgan fingerprint density at radius 1 is 1.38 bits per heavy atom. The minimum absolute atomic E-state index is 0.0357. The van der Waals surface area contributed by atoms with Gasteiger partial charge in [0.1, 0.15) is 6.04 Å². The van der Waals surface area contributed by atoms with E-state index in [9.17, 15) is 9.59 Å².